The third-order valence-corrected chi connectivity index (χ3v) is 14.3. The van der Waals surface area contributed by atoms with Gasteiger partial charge in [0.25, 0.3) is 0 Å². The molecule has 0 bridgehead atoms. The number of fused-ring (bicyclic) bond motifs is 5. The van der Waals surface area contributed by atoms with Gasteiger partial charge in [0.15, 0.2) is 12.6 Å². The zero-order valence-corrected chi connectivity index (χ0v) is 28.6. The second kappa shape index (κ2) is 13.2. The first-order chi connectivity index (χ1) is 23.6. The van der Waals surface area contributed by atoms with Crippen LogP contribution in [0.5, 0.6) is 0 Å². The Labute approximate surface area is 290 Å². The Balaban J connectivity index is 1.08. The molecule has 0 amide bonds. The molecule has 50 heavy (non-hydrogen) atoms. The van der Waals surface area contributed by atoms with Crippen molar-refractivity contribution >= 4 is 5.97 Å². The minimum Gasteiger partial charge on any atom is -0.458 e. The van der Waals surface area contributed by atoms with Crippen molar-refractivity contribution < 1.29 is 74.4 Å². The molecule has 7 aliphatic rings. The second-order valence-corrected chi connectivity index (χ2v) is 16.4. The molecule has 2 saturated heterocycles. The van der Waals surface area contributed by atoms with Gasteiger partial charge in [0, 0.05) is 23.3 Å². The fourth-order valence-electron chi connectivity index (χ4n) is 11.4. The van der Waals surface area contributed by atoms with E-state index in [0.29, 0.717) is 44.9 Å². The van der Waals surface area contributed by atoms with Crippen LogP contribution in [0.1, 0.15) is 71.6 Å². The lowest BCUT2D eigenvalue weighted by atomic mass is 9.41. The lowest BCUT2D eigenvalue weighted by molar-refractivity contribution is -0.373. The maximum absolute atomic E-state index is 12.5. The predicted molar refractivity (Wildman–Crippen MR) is 168 cm³/mol. The van der Waals surface area contributed by atoms with Gasteiger partial charge in [0.2, 0.25) is 0 Å². The summed E-state index contributed by atoms with van der Waals surface area (Å²) in [6.07, 6.45) is -9.25. The maximum Gasteiger partial charge on any atom is 0.331 e. The summed E-state index contributed by atoms with van der Waals surface area (Å²) in [7, 11) is 0. The highest BCUT2D eigenvalue weighted by Crippen LogP contribution is 2.70. The lowest BCUT2D eigenvalue weighted by Crippen LogP contribution is -2.69. The topological polar surface area (TPSA) is 245 Å². The van der Waals surface area contributed by atoms with Gasteiger partial charge in [-0.15, -0.1) is 0 Å². The largest absolute Gasteiger partial charge is 0.458 e. The summed E-state index contributed by atoms with van der Waals surface area (Å²) in [5.74, 6) is -0.658. The number of esters is 1. The molecule has 284 valence electrons. The normalized spacial score (nSPS) is 55.1. The summed E-state index contributed by atoms with van der Waals surface area (Å²) < 4.78 is 28.9. The quantitative estimate of drug-likeness (QED) is 0.106. The van der Waals surface area contributed by atoms with E-state index in [-0.39, 0.29) is 43.4 Å². The number of hydrogen-bond acceptors (Lipinski definition) is 15. The molecule has 4 saturated carbocycles. The van der Waals surface area contributed by atoms with Crippen LogP contribution in [0.4, 0.5) is 0 Å². The highest BCUT2D eigenvalue weighted by atomic mass is 16.8. The molecule has 15 nitrogen and oxygen atoms in total. The maximum atomic E-state index is 12.5. The van der Waals surface area contributed by atoms with Gasteiger partial charge in [-0.3, -0.25) is 0 Å². The van der Waals surface area contributed by atoms with E-state index in [9.17, 15) is 50.8 Å². The summed E-state index contributed by atoms with van der Waals surface area (Å²) in [6.45, 7) is 2.95. The van der Waals surface area contributed by atoms with Gasteiger partial charge in [0.05, 0.1) is 36.6 Å². The zero-order valence-electron chi connectivity index (χ0n) is 28.6. The number of aliphatic hydroxyl groups is 9. The van der Waals surface area contributed by atoms with Gasteiger partial charge < -0.3 is 69.6 Å². The molecule has 3 heterocycles. The molecule has 0 aromatic rings. The van der Waals surface area contributed by atoms with Crippen LogP contribution >= 0.6 is 0 Å². The Kier molecular flexibility index (Phi) is 9.79. The van der Waals surface area contributed by atoms with Crippen molar-refractivity contribution in [3.63, 3.8) is 0 Å². The van der Waals surface area contributed by atoms with Gasteiger partial charge in [-0.25, -0.2) is 4.79 Å². The smallest absolute Gasteiger partial charge is 0.331 e. The molecular formula is C35H54O15. The summed E-state index contributed by atoms with van der Waals surface area (Å²) in [6, 6.07) is 0. The third-order valence-electron chi connectivity index (χ3n) is 14.3. The monoisotopic (exact) mass is 714 g/mol. The minimum absolute atomic E-state index is 0.0137. The second-order valence-electron chi connectivity index (χ2n) is 16.4. The van der Waals surface area contributed by atoms with E-state index < -0.39 is 96.2 Å². The first-order valence-electron chi connectivity index (χ1n) is 18.2. The van der Waals surface area contributed by atoms with Gasteiger partial charge in [-0.2, -0.15) is 0 Å². The fraction of sp³-hybridized carbons (Fsp3) is 0.914. The van der Waals surface area contributed by atoms with Gasteiger partial charge in [-0.1, -0.05) is 6.92 Å². The average Bonchev–Trinajstić information content (AvgIpc) is 3.64. The van der Waals surface area contributed by atoms with E-state index >= 15 is 0 Å². The van der Waals surface area contributed by atoms with E-state index in [1.54, 1.807) is 13.0 Å². The highest BCUT2D eigenvalue weighted by Gasteiger charge is 2.71. The number of rotatable bonds is 7. The molecular weight excluding hydrogens is 660 g/mol. The van der Waals surface area contributed by atoms with Crippen LogP contribution in [0.25, 0.3) is 0 Å². The minimum atomic E-state index is -1.76. The van der Waals surface area contributed by atoms with Crippen molar-refractivity contribution in [2.45, 2.75) is 150 Å². The van der Waals surface area contributed by atoms with Crippen LogP contribution in [-0.2, 0) is 28.5 Å². The Morgan fingerprint density at radius 1 is 0.820 bits per heavy atom. The molecule has 6 fully saturated rings. The van der Waals surface area contributed by atoms with Crippen LogP contribution in [0.3, 0.4) is 0 Å². The first-order valence-corrected chi connectivity index (χ1v) is 18.2. The average molecular weight is 715 g/mol. The molecule has 0 spiro atoms. The molecule has 0 aromatic heterocycles. The molecule has 0 aromatic carbocycles. The molecule has 15 heteroatoms. The van der Waals surface area contributed by atoms with Gasteiger partial charge in [-0.05, 0) is 81.6 Å². The van der Waals surface area contributed by atoms with Crippen LogP contribution in [-0.4, -0.2) is 150 Å². The zero-order chi connectivity index (χ0) is 36.0. The van der Waals surface area contributed by atoms with E-state index in [4.69, 9.17) is 23.7 Å². The molecule has 9 N–H and O–H groups in total. The van der Waals surface area contributed by atoms with Gasteiger partial charge in [0.1, 0.15) is 49.3 Å². The van der Waals surface area contributed by atoms with E-state index in [0.717, 1.165) is 12.0 Å². The molecule has 4 aliphatic carbocycles. The Bertz CT molecular complexity index is 1310. The van der Waals surface area contributed by atoms with Crippen LogP contribution in [0.2, 0.25) is 0 Å². The number of cyclic esters (lactones) is 1. The van der Waals surface area contributed by atoms with Crippen molar-refractivity contribution in [1.82, 2.24) is 0 Å². The van der Waals surface area contributed by atoms with Crippen molar-refractivity contribution in [3.8, 4) is 0 Å². The summed E-state index contributed by atoms with van der Waals surface area (Å²) in [5, 5.41) is 98.5. The van der Waals surface area contributed by atoms with Crippen molar-refractivity contribution in [2.75, 3.05) is 19.8 Å². The lowest BCUT2D eigenvalue weighted by Gasteiger charge is -2.66. The SMILES string of the molecule is C[C@@H]1O[C@@H](O[C@H]2CC[C@]3(CO)[C@H]4CC[C@]5(C)[C@@H](C6=CC(=O)OC6)CC[C@]5(O)[C@@H]4CC[C@]3(O)C2)[C@H](O[C@@H]2O[C@H](CO)[C@@H](O)[C@H](O)[C@H]2O)[C@H](O)[C@H]1O. The number of ether oxygens (including phenoxy) is 5. The number of carbonyl (C=O) groups excluding carboxylic acids is 1. The van der Waals surface area contributed by atoms with E-state index in [1.807, 2.05) is 0 Å². The summed E-state index contributed by atoms with van der Waals surface area (Å²) in [4.78, 5) is 11.9. The van der Waals surface area contributed by atoms with Crippen LogP contribution in [0, 0.1) is 28.6 Å². The summed E-state index contributed by atoms with van der Waals surface area (Å²) in [5.41, 5.74) is -2.84. The van der Waals surface area contributed by atoms with Gasteiger partial charge >= 0.3 is 5.97 Å². The molecule has 0 unspecified atom stereocenters. The Morgan fingerprint density at radius 2 is 1.56 bits per heavy atom. The Hall–Kier alpha value is -1.31. The van der Waals surface area contributed by atoms with Crippen LogP contribution < -0.4 is 0 Å². The van der Waals surface area contributed by atoms with E-state index in [2.05, 4.69) is 6.92 Å². The van der Waals surface area contributed by atoms with Crippen molar-refractivity contribution in [1.29, 1.82) is 0 Å². The Morgan fingerprint density at radius 3 is 2.24 bits per heavy atom. The molecule has 18 atom stereocenters. The van der Waals surface area contributed by atoms with E-state index in [1.165, 1.54) is 0 Å². The summed E-state index contributed by atoms with van der Waals surface area (Å²) >= 11 is 0. The first kappa shape index (κ1) is 37.0. The van der Waals surface area contributed by atoms with Crippen molar-refractivity contribution in [3.05, 3.63) is 11.6 Å². The molecule has 3 aliphatic heterocycles. The molecule has 0 radical (unpaired) electrons. The number of hydrogen-bond donors (Lipinski definition) is 9. The van der Waals surface area contributed by atoms with Crippen LogP contribution in [0.15, 0.2) is 11.6 Å². The highest BCUT2D eigenvalue weighted by molar-refractivity contribution is 5.85. The van der Waals surface area contributed by atoms with Crippen molar-refractivity contribution in [2.24, 2.45) is 28.6 Å². The fourth-order valence-corrected chi connectivity index (χ4v) is 11.4. The third kappa shape index (κ3) is 5.45. The predicted octanol–water partition coefficient (Wildman–Crippen LogP) is -1.63. The standard InChI is InChI=1S/C35H54O15/c1-16-24(39)27(42)29(50-30-28(43)26(41)25(40)22(13-36)49-30)31(47-16)48-18-3-8-33(15-37)20-4-7-32(2)19(17-11-23(38)46-14-17)6-10-35(32,45)21(20)5-9-34(33,44)12-18/h11,16,18-22,24-31,36-37,39-45H,3-10,12-15H2,1-2H3/t16-,18-,19+,20-,21+,22+,24-,25+,26-,27+,28+,29+,30-,31-,32+,33-,34-,35-/m0/s1. The number of carbonyl (C=O) groups is 1. The number of aliphatic hydroxyl groups excluding tert-OH is 7. The molecule has 7 rings (SSSR count).